The summed E-state index contributed by atoms with van der Waals surface area (Å²) in [6.07, 6.45) is 0. The maximum Gasteiger partial charge on any atom is 0.316 e. The Kier molecular flexibility index (Phi) is 5.04. The predicted molar refractivity (Wildman–Crippen MR) is 102 cm³/mol. The van der Waals surface area contributed by atoms with Crippen LogP contribution in [-0.2, 0) is 16.1 Å². The van der Waals surface area contributed by atoms with Gasteiger partial charge in [0.25, 0.3) is 5.56 Å². The highest BCUT2D eigenvalue weighted by Crippen LogP contribution is 2.34. The number of ether oxygens (including phenoxy) is 3. The molecule has 2 aromatic heterocycles. The van der Waals surface area contributed by atoms with Crippen molar-refractivity contribution in [2.75, 3.05) is 19.0 Å². The summed E-state index contributed by atoms with van der Waals surface area (Å²) in [5.74, 6) is 1.17. The highest BCUT2D eigenvalue weighted by molar-refractivity contribution is 8.00. The van der Waals surface area contributed by atoms with Crippen LogP contribution < -0.4 is 15.0 Å². The minimum atomic E-state index is -0.376. The van der Waals surface area contributed by atoms with Gasteiger partial charge in [0.1, 0.15) is 19.8 Å². The molecule has 0 amide bonds. The van der Waals surface area contributed by atoms with Crippen LogP contribution in [0.1, 0.15) is 11.4 Å². The number of fused-ring (bicyclic) bond motifs is 2. The number of benzene rings is 1. The summed E-state index contributed by atoms with van der Waals surface area (Å²) in [5.41, 5.74) is 1.11. The van der Waals surface area contributed by atoms with Crippen molar-refractivity contribution in [3.8, 4) is 11.5 Å². The van der Waals surface area contributed by atoms with Crippen LogP contribution in [0.4, 0.5) is 0 Å². The van der Waals surface area contributed by atoms with Crippen LogP contribution in [0.25, 0.3) is 4.96 Å². The van der Waals surface area contributed by atoms with Crippen molar-refractivity contribution in [1.82, 2.24) is 9.38 Å². The van der Waals surface area contributed by atoms with Gasteiger partial charge in [0.05, 0.1) is 11.4 Å². The molecule has 1 aliphatic heterocycles. The zero-order valence-corrected chi connectivity index (χ0v) is 16.1. The molecule has 3 heterocycles. The highest BCUT2D eigenvalue weighted by Gasteiger charge is 2.13. The fraction of sp³-hybridized carbons (Fsp3) is 0.278. The van der Waals surface area contributed by atoms with Gasteiger partial charge < -0.3 is 14.2 Å². The Hall–Kier alpha value is -2.52. The first-order valence-electron chi connectivity index (χ1n) is 8.25. The summed E-state index contributed by atoms with van der Waals surface area (Å²) >= 11 is 2.73. The molecule has 0 unspecified atom stereocenters. The van der Waals surface area contributed by atoms with Gasteiger partial charge in [-0.15, -0.1) is 23.1 Å². The van der Waals surface area contributed by atoms with Gasteiger partial charge in [0.15, 0.2) is 16.5 Å². The first-order valence-corrected chi connectivity index (χ1v) is 10.1. The van der Waals surface area contributed by atoms with Crippen molar-refractivity contribution in [2.45, 2.75) is 18.4 Å². The maximum atomic E-state index is 12.1. The Morgan fingerprint density at radius 2 is 2.11 bits per heavy atom. The number of thiazole rings is 1. The summed E-state index contributed by atoms with van der Waals surface area (Å²) in [4.78, 5) is 30.0. The normalized spacial score (nSPS) is 12.9. The van der Waals surface area contributed by atoms with Crippen molar-refractivity contribution in [2.24, 2.45) is 0 Å². The fourth-order valence-corrected chi connectivity index (χ4v) is 4.24. The molecular formula is C18H16N2O5S2. The zero-order valence-electron chi connectivity index (χ0n) is 14.5. The van der Waals surface area contributed by atoms with E-state index in [0.29, 0.717) is 35.4 Å². The SMILES string of the molecule is Cc1csc2nc(COC(=O)CSc3ccc4c(c3)OCCO4)cc(=O)n12. The quantitative estimate of drug-likeness (QED) is 0.478. The summed E-state index contributed by atoms with van der Waals surface area (Å²) in [7, 11) is 0. The highest BCUT2D eigenvalue weighted by atomic mass is 32.2. The Balaban J connectivity index is 1.34. The first-order chi connectivity index (χ1) is 13.1. The lowest BCUT2D eigenvalue weighted by Crippen LogP contribution is -2.16. The molecule has 140 valence electrons. The topological polar surface area (TPSA) is 79.1 Å². The number of hydrogen-bond acceptors (Lipinski definition) is 8. The molecule has 0 saturated heterocycles. The fourth-order valence-electron chi connectivity index (χ4n) is 2.63. The number of nitrogens with zero attached hydrogens (tertiary/aromatic N) is 2. The molecule has 7 nitrogen and oxygen atoms in total. The Morgan fingerprint density at radius 1 is 1.30 bits per heavy atom. The Labute approximate surface area is 162 Å². The van der Waals surface area contributed by atoms with E-state index in [9.17, 15) is 9.59 Å². The number of aryl methyl sites for hydroxylation is 1. The summed E-state index contributed by atoms with van der Waals surface area (Å²) < 4.78 is 17.8. The zero-order chi connectivity index (χ0) is 18.8. The predicted octanol–water partition coefficient (Wildman–Crippen LogP) is 2.67. The number of hydrogen-bond donors (Lipinski definition) is 0. The van der Waals surface area contributed by atoms with Crippen molar-refractivity contribution in [3.63, 3.8) is 0 Å². The van der Waals surface area contributed by atoms with E-state index in [4.69, 9.17) is 14.2 Å². The van der Waals surface area contributed by atoms with Crippen LogP contribution >= 0.6 is 23.1 Å². The van der Waals surface area contributed by atoms with E-state index in [1.54, 1.807) is 0 Å². The van der Waals surface area contributed by atoms with Gasteiger partial charge in [-0.3, -0.25) is 14.0 Å². The van der Waals surface area contributed by atoms with Crippen molar-refractivity contribution < 1.29 is 19.0 Å². The minimum Gasteiger partial charge on any atom is -0.486 e. The second-order valence-electron chi connectivity index (χ2n) is 5.84. The number of esters is 1. The molecule has 0 N–H and O–H groups in total. The second kappa shape index (κ2) is 7.61. The van der Waals surface area contributed by atoms with E-state index >= 15 is 0 Å². The van der Waals surface area contributed by atoms with Gasteiger partial charge in [-0.05, 0) is 25.1 Å². The largest absolute Gasteiger partial charge is 0.486 e. The number of aromatic nitrogens is 2. The van der Waals surface area contributed by atoms with E-state index in [-0.39, 0.29) is 23.9 Å². The molecule has 3 aromatic rings. The van der Waals surface area contributed by atoms with Crippen LogP contribution in [0.2, 0.25) is 0 Å². The van der Waals surface area contributed by atoms with E-state index < -0.39 is 0 Å². The van der Waals surface area contributed by atoms with E-state index in [1.807, 2.05) is 30.5 Å². The Morgan fingerprint density at radius 3 is 2.96 bits per heavy atom. The molecule has 0 bridgehead atoms. The first kappa shape index (κ1) is 17.9. The average molecular weight is 404 g/mol. The standard InChI is InChI=1S/C18H16N2O5S2/c1-11-9-27-18-19-12(6-16(21)20(11)18)8-25-17(22)10-26-13-2-3-14-15(7-13)24-5-4-23-14/h2-3,6-7,9H,4-5,8,10H2,1H3. The lowest BCUT2D eigenvalue weighted by atomic mass is 10.3. The number of rotatable bonds is 5. The van der Waals surface area contributed by atoms with Gasteiger partial charge >= 0.3 is 5.97 Å². The van der Waals surface area contributed by atoms with Crippen molar-refractivity contribution in [1.29, 1.82) is 0 Å². The van der Waals surface area contributed by atoms with Gasteiger partial charge in [-0.1, -0.05) is 0 Å². The minimum absolute atomic E-state index is 0.0246. The molecule has 0 spiro atoms. The van der Waals surface area contributed by atoms with Gasteiger partial charge in [-0.2, -0.15) is 0 Å². The van der Waals surface area contributed by atoms with Crippen LogP contribution in [0.15, 0.2) is 39.3 Å². The molecule has 0 radical (unpaired) electrons. The third-order valence-corrected chi connectivity index (χ3v) is 5.79. The van der Waals surface area contributed by atoms with E-state index in [0.717, 1.165) is 10.6 Å². The molecule has 9 heteroatoms. The molecule has 0 fully saturated rings. The van der Waals surface area contributed by atoms with Gasteiger partial charge in [-0.25, -0.2) is 4.98 Å². The number of carbonyl (C=O) groups excluding carboxylic acids is 1. The molecule has 27 heavy (non-hydrogen) atoms. The monoisotopic (exact) mass is 404 g/mol. The third-order valence-electron chi connectivity index (χ3n) is 3.88. The second-order valence-corrected chi connectivity index (χ2v) is 7.72. The number of carbonyl (C=O) groups is 1. The number of thioether (sulfide) groups is 1. The van der Waals surface area contributed by atoms with Crippen molar-refractivity contribution in [3.05, 3.63) is 51.4 Å². The van der Waals surface area contributed by atoms with E-state index in [1.165, 1.54) is 33.6 Å². The average Bonchev–Trinajstić information content (AvgIpc) is 3.06. The lowest BCUT2D eigenvalue weighted by molar-refractivity contribution is -0.141. The summed E-state index contributed by atoms with van der Waals surface area (Å²) in [6, 6.07) is 6.95. The smallest absolute Gasteiger partial charge is 0.316 e. The molecule has 1 aliphatic rings. The summed E-state index contributed by atoms with van der Waals surface area (Å²) in [6.45, 7) is 2.88. The van der Waals surface area contributed by atoms with Crippen LogP contribution in [0.3, 0.4) is 0 Å². The van der Waals surface area contributed by atoms with Crippen molar-refractivity contribution >= 4 is 34.0 Å². The maximum absolute atomic E-state index is 12.1. The van der Waals surface area contributed by atoms with E-state index in [2.05, 4.69) is 4.98 Å². The third kappa shape index (κ3) is 3.93. The molecule has 0 atom stereocenters. The van der Waals surface area contributed by atoms with Gasteiger partial charge in [0, 0.05) is 22.0 Å². The van der Waals surface area contributed by atoms with Crippen LogP contribution in [0, 0.1) is 6.92 Å². The Bertz CT molecular complexity index is 1060. The lowest BCUT2D eigenvalue weighted by Gasteiger charge is -2.18. The van der Waals surface area contributed by atoms with Crippen LogP contribution in [-0.4, -0.2) is 34.3 Å². The molecule has 1 aromatic carbocycles. The summed E-state index contributed by atoms with van der Waals surface area (Å²) in [5, 5.41) is 1.86. The molecule has 0 aliphatic carbocycles. The van der Waals surface area contributed by atoms with Gasteiger partial charge in [0.2, 0.25) is 0 Å². The molecule has 4 rings (SSSR count). The van der Waals surface area contributed by atoms with Crippen LogP contribution in [0.5, 0.6) is 11.5 Å². The molecule has 0 saturated carbocycles. The molecular weight excluding hydrogens is 388 g/mol.